The van der Waals surface area contributed by atoms with Crippen LogP contribution in [0.5, 0.6) is 11.5 Å². The van der Waals surface area contributed by atoms with Gasteiger partial charge in [0.1, 0.15) is 11.5 Å². The first-order valence-electron chi connectivity index (χ1n) is 10.6. The minimum Gasteiger partial charge on any atom is -0.495 e. The maximum absolute atomic E-state index is 13.1. The van der Waals surface area contributed by atoms with Crippen molar-refractivity contribution in [3.05, 3.63) is 76.8 Å². The van der Waals surface area contributed by atoms with Crippen LogP contribution in [0, 0.1) is 6.92 Å². The number of aryl methyl sites for hydroxylation is 1. The summed E-state index contributed by atoms with van der Waals surface area (Å²) in [4.78, 5) is 24.7. The molecule has 0 atom stereocenters. The molecule has 0 aliphatic rings. The maximum atomic E-state index is 13.1. The van der Waals surface area contributed by atoms with Crippen LogP contribution in [-0.4, -0.2) is 48.2 Å². The van der Waals surface area contributed by atoms with Crippen LogP contribution in [0.3, 0.4) is 0 Å². The number of amides is 1. The number of hydrogen-bond acceptors (Lipinski definition) is 7. The topological polar surface area (TPSA) is 111 Å². The Morgan fingerprint density at radius 3 is 2.25 bits per heavy atom. The number of anilines is 2. The van der Waals surface area contributed by atoms with Gasteiger partial charge in [-0.1, -0.05) is 23.7 Å². The fraction of sp³-hybridized carbons (Fsp3) is 0.200. The first kappa shape index (κ1) is 26.8. The highest BCUT2D eigenvalue weighted by Crippen LogP contribution is 2.32. The van der Waals surface area contributed by atoms with Crippen LogP contribution >= 0.6 is 11.6 Å². The predicted molar refractivity (Wildman–Crippen MR) is 137 cm³/mol. The van der Waals surface area contributed by atoms with Gasteiger partial charge in [0.2, 0.25) is 0 Å². The van der Waals surface area contributed by atoms with Crippen molar-refractivity contribution in [1.82, 2.24) is 0 Å². The van der Waals surface area contributed by atoms with Crippen molar-refractivity contribution in [2.24, 2.45) is 0 Å². The first-order valence-corrected chi connectivity index (χ1v) is 12.4. The third-order valence-electron chi connectivity index (χ3n) is 5.26. The van der Waals surface area contributed by atoms with Gasteiger partial charge in [-0.05, 0) is 55.0 Å². The van der Waals surface area contributed by atoms with Crippen LogP contribution in [0.4, 0.5) is 11.4 Å². The fourth-order valence-corrected chi connectivity index (χ4v) is 4.63. The Morgan fingerprint density at radius 1 is 0.972 bits per heavy atom. The maximum Gasteiger partial charge on any atom is 0.338 e. The molecule has 1 N–H and O–H groups in total. The van der Waals surface area contributed by atoms with Gasteiger partial charge in [0.15, 0.2) is 6.61 Å². The molecule has 3 rings (SSSR count). The second-order valence-corrected chi connectivity index (χ2v) is 9.97. The Labute approximate surface area is 214 Å². The molecule has 0 saturated heterocycles. The lowest BCUT2D eigenvalue weighted by atomic mass is 10.2. The van der Waals surface area contributed by atoms with E-state index >= 15 is 0 Å². The minimum absolute atomic E-state index is 0.0320. The summed E-state index contributed by atoms with van der Waals surface area (Å²) in [7, 11) is 0.374. The fourth-order valence-electron chi connectivity index (χ4n) is 3.27. The zero-order valence-electron chi connectivity index (χ0n) is 20.1. The highest BCUT2D eigenvalue weighted by Gasteiger charge is 2.24. The Morgan fingerprint density at radius 2 is 1.61 bits per heavy atom. The quantitative estimate of drug-likeness (QED) is 0.409. The minimum atomic E-state index is -3.92. The van der Waals surface area contributed by atoms with Crippen LogP contribution in [0.25, 0.3) is 0 Å². The van der Waals surface area contributed by atoms with Crippen LogP contribution in [0.1, 0.15) is 15.9 Å². The average molecular weight is 533 g/mol. The van der Waals surface area contributed by atoms with Crippen molar-refractivity contribution in [3.63, 3.8) is 0 Å². The van der Waals surface area contributed by atoms with Gasteiger partial charge >= 0.3 is 5.97 Å². The number of benzene rings is 3. The standard InChI is InChI=1S/C25H25ClN2O7S/c1-16-13-20(23(34-4)14-19(16)26)27-24(29)15-35-25(30)17-9-11-18(12-10-17)36(31,32)28(2)21-7-5-6-8-22(21)33-3/h5-14H,15H2,1-4H3,(H,27,29). The summed E-state index contributed by atoms with van der Waals surface area (Å²) in [5.41, 5.74) is 1.56. The molecule has 0 bridgehead atoms. The van der Waals surface area contributed by atoms with Crippen molar-refractivity contribution in [3.8, 4) is 11.5 Å². The van der Waals surface area contributed by atoms with E-state index in [4.69, 9.17) is 25.8 Å². The Bertz CT molecular complexity index is 1380. The van der Waals surface area contributed by atoms with Gasteiger partial charge in [0, 0.05) is 18.1 Å². The van der Waals surface area contributed by atoms with Crippen LogP contribution in [-0.2, 0) is 19.6 Å². The van der Waals surface area contributed by atoms with E-state index in [1.54, 1.807) is 43.3 Å². The number of carbonyl (C=O) groups excluding carboxylic acids is 2. The van der Waals surface area contributed by atoms with Crippen molar-refractivity contribution >= 4 is 44.9 Å². The van der Waals surface area contributed by atoms with E-state index in [-0.39, 0.29) is 10.5 Å². The van der Waals surface area contributed by atoms with Gasteiger partial charge in [-0.25, -0.2) is 13.2 Å². The molecular formula is C25H25ClN2O7S. The van der Waals surface area contributed by atoms with Crippen molar-refractivity contribution in [2.75, 3.05) is 37.5 Å². The molecule has 3 aromatic rings. The number of esters is 1. The molecule has 190 valence electrons. The number of carbonyl (C=O) groups is 2. The van der Waals surface area contributed by atoms with E-state index in [1.807, 2.05) is 0 Å². The van der Waals surface area contributed by atoms with Gasteiger partial charge in [0.25, 0.3) is 15.9 Å². The summed E-state index contributed by atoms with van der Waals surface area (Å²) in [6.07, 6.45) is 0. The summed E-state index contributed by atoms with van der Waals surface area (Å²) < 4.78 is 42.7. The van der Waals surface area contributed by atoms with E-state index in [0.717, 1.165) is 9.87 Å². The van der Waals surface area contributed by atoms with Gasteiger partial charge in [-0.3, -0.25) is 9.10 Å². The molecule has 9 nitrogen and oxygen atoms in total. The second kappa shape index (κ2) is 11.3. The number of ether oxygens (including phenoxy) is 3. The molecule has 0 fully saturated rings. The monoisotopic (exact) mass is 532 g/mol. The predicted octanol–water partition coefficient (Wildman–Crippen LogP) is 4.29. The number of nitrogens with one attached hydrogen (secondary N) is 1. The summed E-state index contributed by atoms with van der Waals surface area (Å²) in [5, 5.41) is 3.09. The molecule has 36 heavy (non-hydrogen) atoms. The Kier molecular flexibility index (Phi) is 8.44. The zero-order chi connectivity index (χ0) is 26.5. The molecule has 0 aliphatic carbocycles. The SMILES string of the molecule is COc1cc(Cl)c(C)cc1NC(=O)COC(=O)c1ccc(S(=O)(=O)N(C)c2ccccc2OC)cc1. The van der Waals surface area contributed by atoms with Gasteiger partial charge in [-0.15, -0.1) is 0 Å². The molecule has 0 radical (unpaired) electrons. The lowest BCUT2D eigenvalue weighted by Crippen LogP contribution is -2.27. The normalized spacial score (nSPS) is 10.9. The lowest BCUT2D eigenvalue weighted by Gasteiger charge is -2.21. The highest BCUT2D eigenvalue weighted by molar-refractivity contribution is 7.92. The smallest absolute Gasteiger partial charge is 0.338 e. The van der Waals surface area contributed by atoms with Gasteiger partial charge < -0.3 is 19.5 Å². The third-order valence-corrected chi connectivity index (χ3v) is 7.45. The van der Waals surface area contributed by atoms with Crippen LogP contribution < -0.4 is 19.1 Å². The molecule has 0 saturated carbocycles. The molecule has 11 heteroatoms. The third kappa shape index (κ3) is 5.89. The van der Waals surface area contributed by atoms with Gasteiger partial charge in [-0.2, -0.15) is 0 Å². The lowest BCUT2D eigenvalue weighted by molar-refractivity contribution is -0.119. The van der Waals surface area contributed by atoms with E-state index in [0.29, 0.717) is 27.9 Å². The largest absolute Gasteiger partial charge is 0.495 e. The molecule has 0 aliphatic heterocycles. The van der Waals surface area contributed by atoms with E-state index in [2.05, 4.69) is 5.32 Å². The van der Waals surface area contributed by atoms with E-state index in [1.165, 1.54) is 45.5 Å². The number of halogens is 1. The number of rotatable bonds is 9. The molecular weight excluding hydrogens is 508 g/mol. The Balaban J connectivity index is 1.66. The van der Waals surface area contributed by atoms with E-state index in [9.17, 15) is 18.0 Å². The molecule has 0 spiro atoms. The number of nitrogens with zero attached hydrogens (tertiary/aromatic N) is 1. The van der Waals surface area contributed by atoms with Crippen LogP contribution in [0.15, 0.2) is 65.6 Å². The average Bonchev–Trinajstić information content (AvgIpc) is 2.88. The molecule has 1 amide bonds. The highest BCUT2D eigenvalue weighted by atomic mass is 35.5. The van der Waals surface area contributed by atoms with Crippen molar-refractivity contribution in [2.45, 2.75) is 11.8 Å². The number of hydrogen-bond donors (Lipinski definition) is 1. The van der Waals surface area contributed by atoms with E-state index < -0.39 is 28.5 Å². The molecule has 0 unspecified atom stereocenters. The van der Waals surface area contributed by atoms with Gasteiger partial charge in [0.05, 0.1) is 36.1 Å². The van der Waals surface area contributed by atoms with Crippen LogP contribution in [0.2, 0.25) is 5.02 Å². The number of methoxy groups -OCH3 is 2. The summed E-state index contributed by atoms with van der Waals surface area (Å²) in [5.74, 6) is -0.610. The number of sulfonamides is 1. The number of para-hydroxylation sites is 2. The molecule has 0 heterocycles. The van der Waals surface area contributed by atoms with Crippen molar-refractivity contribution in [1.29, 1.82) is 0 Å². The molecule has 3 aromatic carbocycles. The first-order chi connectivity index (χ1) is 17.1. The zero-order valence-corrected chi connectivity index (χ0v) is 21.6. The van der Waals surface area contributed by atoms with Crippen molar-refractivity contribution < 1.29 is 32.2 Å². The summed E-state index contributed by atoms with van der Waals surface area (Å²) in [6.45, 7) is 1.22. The summed E-state index contributed by atoms with van der Waals surface area (Å²) >= 11 is 6.06. The molecule has 0 aromatic heterocycles. The Hall–Kier alpha value is -3.76. The summed E-state index contributed by atoms with van der Waals surface area (Å²) in [6, 6.07) is 15.1. The second-order valence-electron chi connectivity index (χ2n) is 7.59.